The van der Waals surface area contributed by atoms with Crippen molar-refractivity contribution in [2.75, 3.05) is 13.2 Å². The molecule has 15 heavy (non-hydrogen) atoms. The summed E-state index contributed by atoms with van der Waals surface area (Å²) in [7, 11) is 0. The Morgan fingerprint density at radius 3 is 2.60 bits per heavy atom. The summed E-state index contributed by atoms with van der Waals surface area (Å²) in [6.07, 6.45) is 0.148. The number of epoxide rings is 1. The Balaban J connectivity index is 2.09. The molecule has 80 valence electrons. The molecule has 1 aromatic carbocycles. The van der Waals surface area contributed by atoms with Crippen LogP contribution in [0.25, 0.3) is 0 Å². The van der Waals surface area contributed by atoms with Gasteiger partial charge in [-0.3, -0.25) is 4.79 Å². The first-order valence-corrected chi connectivity index (χ1v) is 5.28. The van der Waals surface area contributed by atoms with Crippen molar-refractivity contribution in [1.29, 1.82) is 0 Å². The van der Waals surface area contributed by atoms with Gasteiger partial charge in [0.25, 0.3) is 5.91 Å². The maximum Gasteiger partial charge on any atom is 0.254 e. The molecule has 1 heterocycles. The Bertz CT molecular complexity index is 371. The van der Waals surface area contributed by atoms with Crippen LogP contribution in [0.2, 0.25) is 10.0 Å². The summed E-state index contributed by atoms with van der Waals surface area (Å²) in [5, 5.41) is 3.43. The van der Waals surface area contributed by atoms with Crippen LogP contribution in [0.5, 0.6) is 0 Å². The lowest BCUT2D eigenvalue weighted by Gasteiger charge is -2.06. The second kappa shape index (κ2) is 4.39. The molecule has 5 heteroatoms. The molecule has 1 amide bonds. The number of hydrogen-bond donors (Lipinski definition) is 1. The molecule has 1 aromatic rings. The van der Waals surface area contributed by atoms with E-state index in [-0.39, 0.29) is 12.0 Å². The van der Waals surface area contributed by atoms with Gasteiger partial charge in [-0.05, 0) is 12.1 Å². The summed E-state index contributed by atoms with van der Waals surface area (Å²) in [6.45, 7) is 1.21. The number of amides is 1. The van der Waals surface area contributed by atoms with E-state index in [1.54, 1.807) is 18.2 Å². The van der Waals surface area contributed by atoms with Gasteiger partial charge in [-0.1, -0.05) is 29.3 Å². The number of rotatable bonds is 3. The maximum atomic E-state index is 11.7. The number of nitrogens with one attached hydrogen (secondary N) is 1. The Hall–Kier alpha value is -0.770. The first-order chi connectivity index (χ1) is 7.18. The fourth-order valence-electron chi connectivity index (χ4n) is 1.20. The van der Waals surface area contributed by atoms with Gasteiger partial charge < -0.3 is 10.1 Å². The number of ether oxygens (including phenoxy) is 1. The van der Waals surface area contributed by atoms with E-state index in [2.05, 4.69) is 5.32 Å². The van der Waals surface area contributed by atoms with Crippen LogP contribution in [0.1, 0.15) is 10.4 Å². The molecule has 1 atom stereocenters. The maximum absolute atomic E-state index is 11.7. The van der Waals surface area contributed by atoms with Crippen LogP contribution in [0.15, 0.2) is 18.2 Å². The quantitative estimate of drug-likeness (QED) is 0.830. The molecule has 0 radical (unpaired) electrons. The van der Waals surface area contributed by atoms with Gasteiger partial charge in [0, 0.05) is 6.54 Å². The van der Waals surface area contributed by atoms with Crippen LogP contribution in [-0.4, -0.2) is 25.2 Å². The summed E-state index contributed by atoms with van der Waals surface area (Å²) >= 11 is 11.8. The van der Waals surface area contributed by atoms with E-state index in [0.717, 1.165) is 0 Å². The highest BCUT2D eigenvalue weighted by Gasteiger charge is 2.24. The largest absolute Gasteiger partial charge is 0.371 e. The Labute approximate surface area is 97.3 Å². The smallest absolute Gasteiger partial charge is 0.254 e. The van der Waals surface area contributed by atoms with E-state index in [9.17, 15) is 4.79 Å². The van der Waals surface area contributed by atoms with Crippen molar-refractivity contribution in [2.45, 2.75) is 6.10 Å². The van der Waals surface area contributed by atoms with Gasteiger partial charge in [0.05, 0.1) is 28.3 Å². The fraction of sp³-hybridized carbons (Fsp3) is 0.300. The zero-order valence-electron chi connectivity index (χ0n) is 7.80. The summed E-state index contributed by atoms with van der Waals surface area (Å²) in [5.74, 6) is -0.263. The highest BCUT2D eigenvalue weighted by atomic mass is 35.5. The summed E-state index contributed by atoms with van der Waals surface area (Å²) in [5.41, 5.74) is 0.321. The molecule has 3 nitrogen and oxygen atoms in total. The van der Waals surface area contributed by atoms with Gasteiger partial charge >= 0.3 is 0 Å². The number of halogens is 2. The molecular formula is C10H9Cl2NO2. The monoisotopic (exact) mass is 245 g/mol. The lowest BCUT2D eigenvalue weighted by molar-refractivity contribution is 0.0950. The number of carbonyl (C=O) groups is 1. The van der Waals surface area contributed by atoms with Crippen molar-refractivity contribution in [1.82, 2.24) is 5.32 Å². The lowest BCUT2D eigenvalue weighted by Crippen LogP contribution is -2.27. The first kappa shape index (κ1) is 10.7. The minimum absolute atomic E-state index is 0.148. The number of hydrogen-bond acceptors (Lipinski definition) is 2. The molecule has 1 unspecified atom stereocenters. The molecule has 0 spiro atoms. The molecule has 0 bridgehead atoms. The molecule has 2 rings (SSSR count). The molecular weight excluding hydrogens is 237 g/mol. The van der Waals surface area contributed by atoms with E-state index in [4.69, 9.17) is 27.9 Å². The van der Waals surface area contributed by atoms with E-state index in [0.29, 0.717) is 28.8 Å². The van der Waals surface area contributed by atoms with Gasteiger partial charge in [0.1, 0.15) is 0 Å². The van der Waals surface area contributed by atoms with Crippen molar-refractivity contribution < 1.29 is 9.53 Å². The molecule has 1 saturated heterocycles. The molecule has 1 fully saturated rings. The van der Waals surface area contributed by atoms with Gasteiger partial charge in [-0.15, -0.1) is 0 Å². The van der Waals surface area contributed by atoms with E-state index < -0.39 is 0 Å². The standard InChI is InChI=1S/C10H9Cl2NO2/c11-7-2-1-3-8(12)9(7)10(14)13-4-6-5-15-6/h1-3,6H,4-5H2,(H,13,14). The third-order valence-electron chi connectivity index (χ3n) is 2.08. The van der Waals surface area contributed by atoms with E-state index in [1.807, 2.05) is 0 Å². The Morgan fingerprint density at radius 2 is 2.07 bits per heavy atom. The summed E-state index contributed by atoms with van der Waals surface area (Å²) in [4.78, 5) is 11.7. The molecule has 1 aliphatic rings. The van der Waals surface area contributed by atoms with Crippen LogP contribution >= 0.6 is 23.2 Å². The number of carbonyl (C=O) groups excluding carboxylic acids is 1. The normalized spacial score (nSPS) is 18.7. The average Bonchev–Trinajstić information content (AvgIpc) is 2.97. The van der Waals surface area contributed by atoms with Crippen molar-refractivity contribution in [3.05, 3.63) is 33.8 Å². The predicted octanol–water partition coefficient (Wildman–Crippen LogP) is 2.12. The lowest BCUT2D eigenvalue weighted by atomic mass is 10.2. The summed E-state index contributed by atoms with van der Waals surface area (Å²) < 4.78 is 4.97. The van der Waals surface area contributed by atoms with Crippen LogP contribution in [0.3, 0.4) is 0 Å². The first-order valence-electron chi connectivity index (χ1n) is 4.52. The zero-order valence-corrected chi connectivity index (χ0v) is 9.31. The topological polar surface area (TPSA) is 41.6 Å². The molecule has 0 aliphatic carbocycles. The van der Waals surface area contributed by atoms with Crippen molar-refractivity contribution in [2.24, 2.45) is 0 Å². The highest BCUT2D eigenvalue weighted by Crippen LogP contribution is 2.24. The Kier molecular flexibility index (Phi) is 3.14. The van der Waals surface area contributed by atoms with Crippen molar-refractivity contribution in [3.63, 3.8) is 0 Å². The summed E-state index contributed by atoms with van der Waals surface area (Å²) in [6, 6.07) is 4.97. The second-order valence-electron chi connectivity index (χ2n) is 3.26. The van der Waals surface area contributed by atoms with Gasteiger partial charge in [0.2, 0.25) is 0 Å². The van der Waals surface area contributed by atoms with Gasteiger partial charge in [-0.25, -0.2) is 0 Å². The predicted molar refractivity (Wildman–Crippen MR) is 58.5 cm³/mol. The van der Waals surface area contributed by atoms with Gasteiger partial charge in [0.15, 0.2) is 0 Å². The molecule has 0 saturated carbocycles. The minimum Gasteiger partial charge on any atom is -0.371 e. The Morgan fingerprint density at radius 1 is 1.47 bits per heavy atom. The van der Waals surface area contributed by atoms with Crippen molar-refractivity contribution in [3.8, 4) is 0 Å². The van der Waals surface area contributed by atoms with Crippen LogP contribution in [0, 0.1) is 0 Å². The van der Waals surface area contributed by atoms with Crippen LogP contribution in [0.4, 0.5) is 0 Å². The molecule has 1 aliphatic heterocycles. The molecule has 1 N–H and O–H groups in total. The average molecular weight is 246 g/mol. The minimum atomic E-state index is -0.263. The fourth-order valence-corrected chi connectivity index (χ4v) is 1.76. The van der Waals surface area contributed by atoms with Crippen LogP contribution in [-0.2, 0) is 4.74 Å². The zero-order chi connectivity index (χ0) is 10.8. The van der Waals surface area contributed by atoms with Crippen molar-refractivity contribution >= 4 is 29.1 Å². The SMILES string of the molecule is O=C(NCC1CO1)c1c(Cl)cccc1Cl. The van der Waals surface area contributed by atoms with Gasteiger partial charge in [-0.2, -0.15) is 0 Å². The van der Waals surface area contributed by atoms with E-state index in [1.165, 1.54) is 0 Å². The van der Waals surface area contributed by atoms with E-state index >= 15 is 0 Å². The number of benzene rings is 1. The third-order valence-corrected chi connectivity index (χ3v) is 2.71. The third kappa shape index (κ3) is 2.62. The second-order valence-corrected chi connectivity index (χ2v) is 4.08. The highest BCUT2D eigenvalue weighted by molar-refractivity contribution is 6.39. The molecule has 0 aromatic heterocycles. The van der Waals surface area contributed by atoms with Crippen LogP contribution < -0.4 is 5.32 Å².